The van der Waals surface area contributed by atoms with Gasteiger partial charge in [-0.25, -0.2) is 4.39 Å². The molecular weight excluding hydrogens is 467 g/mol. The molecule has 2 N–H and O–H groups in total. The Morgan fingerprint density at radius 2 is 1.71 bits per heavy atom. The van der Waals surface area contributed by atoms with Gasteiger partial charge in [-0.2, -0.15) is 13.5 Å². The van der Waals surface area contributed by atoms with Crippen molar-refractivity contribution >= 4 is 31.0 Å². The Bertz CT molecular complexity index is 1040. The number of piperidine rings is 1. The fraction of sp³-hybridized carbons (Fsp3) is 0.462. The molecule has 0 aliphatic carbocycles. The van der Waals surface area contributed by atoms with Crippen molar-refractivity contribution < 1.29 is 19.1 Å². The van der Waals surface area contributed by atoms with E-state index in [0.29, 0.717) is 30.4 Å². The number of amides is 2. The van der Waals surface area contributed by atoms with Gasteiger partial charge in [0, 0.05) is 52.0 Å². The number of aliphatic hydroxyl groups is 1. The molecule has 7 nitrogen and oxygen atoms in total. The highest BCUT2D eigenvalue weighted by Gasteiger charge is 2.40. The minimum Gasteiger partial charge on any atom is -0.380 e. The summed E-state index contributed by atoms with van der Waals surface area (Å²) in [7, 11) is 3.20. The van der Waals surface area contributed by atoms with Crippen LogP contribution in [0.15, 0.2) is 48.5 Å². The summed E-state index contributed by atoms with van der Waals surface area (Å²) >= 11 is 0. The Kier molecular flexibility index (Phi) is 8.46. The fourth-order valence-corrected chi connectivity index (χ4v) is 4.79. The Labute approximate surface area is 213 Å². The van der Waals surface area contributed by atoms with E-state index < -0.39 is 11.4 Å². The van der Waals surface area contributed by atoms with Gasteiger partial charge in [0.1, 0.15) is 5.82 Å². The summed E-state index contributed by atoms with van der Waals surface area (Å²) in [6, 6.07) is 14.3. The van der Waals surface area contributed by atoms with Crippen molar-refractivity contribution in [3.8, 4) is 0 Å². The van der Waals surface area contributed by atoms with Gasteiger partial charge in [0.25, 0.3) is 11.8 Å². The van der Waals surface area contributed by atoms with Gasteiger partial charge in [-0.3, -0.25) is 14.5 Å². The lowest BCUT2D eigenvalue weighted by atomic mass is 9.92. The monoisotopic (exact) mass is 502 g/mol. The third-order valence-corrected chi connectivity index (χ3v) is 6.91. The number of hydrogen-bond donors (Lipinski definition) is 2. The van der Waals surface area contributed by atoms with Crippen molar-refractivity contribution in [1.29, 1.82) is 0 Å². The van der Waals surface area contributed by atoms with Crippen LogP contribution < -0.4 is 5.32 Å². The molecule has 2 aromatic carbocycles. The van der Waals surface area contributed by atoms with Crippen LogP contribution in [-0.4, -0.2) is 84.0 Å². The molecule has 0 saturated carbocycles. The molecule has 2 fully saturated rings. The second-order valence-electron chi connectivity index (χ2n) is 9.65. The summed E-state index contributed by atoms with van der Waals surface area (Å²) in [6.07, 6.45) is 1.72. The van der Waals surface area contributed by atoms with E-state index in [9.17, 15) is 19.1 Å². The van der Waals surface area contributed by atoms with Gasteiger partial charge in [-0.15, -0.1) is 0 Å². The van der Waals surface area contributed by atoms with Gasteiger partial charge in [0.2, 0.25) is 0 Å². The number of nitrogens with one attached hydrogen (secondary N) is 1. The van der Waals surface area contributed by atoms with E-state index in [-0.39, 0.29) is 36.9 Å². The second kappa shape index (κ2) is 11.0. The van der Waals surface area contributed by atoms with Gasteiger partial charge < -0.3 is 20.2 Å². The van der Waals surface area contributed by atoms with Crippen LogP contribution in [0.5, 0.6) is 0 Å². The highest BCUT2D eigenvalue weighted by atomic mass is 32.1. The SMILES string of the molecule is CN(C)C(=O)c1ccc(NC2CN(C3CCN(C(=O)[C@](C)(O)c4ccccc4)CC3)C2)cc1F.S. The van der Waals surface area contributed by atoms with Crippen LogP contribution in [0.25, 0.3) is 0 Å². The molecule has 1 atom stereocenters. The normalized spacial score (nSPS) is 18.7. The summed E-state index contributed by atoms with van der Waals surface area (Å²) in [5.74, 6) is -1.13. The Balaban J connectivity index is 0.00000342. The van der Waals surface area contributed by atoms with Crippen LogP contribution in [0.4, 0.5) is 10.1 Å². The van der Waals surface area contributed by atoms with E-state index in [1.165, 1.54) is 17.0 Å². The average molecular weight is 503 g/mol. The smallest absolute Gasteiger partial charge is 0.258 e. The largest absolute Gasteiger partial charge is 0.380 e. The first-order valence-electron chi connectivity index (χ1n) is 11.8. The van der Waals surface area contributed by atoms with Crippen LogP contribution in [0.2, 0.25) is 0 Å². The highest BCUT2D eigenvalue weighted by molar-refractivity contribution is 7.59. The number of rotatable bonds is 6. The minimum absolute atomic E-state index is 0. The summed E-state index contributed by atoms with van der Waals surface area (Å²) in [5.41, 5.74) is -0.185. The van der Waals surface area contributed by atoms with Crippen LogP contribution in [0.3, 0.4) is 0 Å². The molecule has 0 bridgehead atoms. The standard InChI is InChI=1S/C26H33FN4O3.H2S/c1-26(34,18-7-5-4-6-8-18)25(33)30-13-11-21(12-14-30)31-16-20(17-31)28-19-9-10-22(23(27)15-19)24(32)29(2)3;/h4-10,15,20-21,28,34H,11-14,16-17H2,1-3H3;1H2/t26-;/m1./s1. The summed E-state index contributed by atoms with van der Waals surface area (Å²) in [4.78, 5) is 30.5. The molecule has 2 aliphatic rings. The third kappa shape index (κ3) is 5.79. The van der Waals surface area contributed by atoms with E-state index in [0.717, 1.165) is 25.9 Å². The van der Waals surface area contributed by atoms with E-state index in [2.05, 4.69) is 10.2 Å². The van der Waals surface area contributed by atoms with Crippen LogP contribution >= 0.6 is 13.5 Å². The third-order valence-electron chi connectivity index (χ3n) is 6.91. The minimum atomic E-state index is -1.53. The molecule has 0 radical (unpaired) electrons. The number of hydrogen-bond acceptors (Lipinski definition) is 5. The number of nitrogens with zero attached hydrogens (tertiary/aromatic N) is 3. The first-order valence-corrected chi connectivity index (χ1v) is 11.8. The molecule has 35 heavy (non-hydrogen) atoms. The maximum absolute atomic E-state index is 14.3. The molecular formula is C26H35FN4O3S. The predicted molar refractivity (Wildman–Crippen MR) is 139 cm³/mol. The zero-order chi connectivity index (χ0) is 24.5. The molecule has 4 rings (SSSR count). The molecule has 0 aromatic heterocycles. The summed E-state index contributed by atoms with van der Waals surface area (Å²) in [6.45, 7) is 4.50. The Morgan fingerprint density at radius 1 is 1.09 bits per heavy atom. The molecule has 190 valence electrons. The first-order chi connectivity index (χ1) is 16.2. The van der Waals surface area contributed by atoms with Crippen molar-refractivity contribution in [2.45, 2.75) is 37.5 Å². The number of halogens is 1. The molecule has 2 aromatic rings. The van der Waals surface area contributed by atoms with Crippen molar-refractivity contribution in [3.63, 3.8) is 0 Å². The molecule has 0 unspecified atom stereocenters. The number of benzene rings is 2. The maximum atomic E-state index is 14.3. The van der Waals surface area contributed by atoms with E-state index in [1.807, 2.05) is 18.2 Å². The van der Waals surface area contributed by atoms with Gasteiger partial charge in [0.05, 0.1) is 11.6 Å². The van der Waals surface area contributed by atoms with E-state index in [4.69, 9.17) is 0 Å². The summed E-state index contributed by atoms with van der Waals surface area (Å²) < 4.78 is 14.3. The average Bonchev–Trinajstić information content (AvgIpc) is 2.81. The topological polar surface area (TPSA) is 76.1 Å². The zero-order valence-electron chi connectivity index (χ0n) is 20.5. The highest BCUT2D eigenvalue weighted by Crippen LogP contribution is 2.28. The predicted octanol–water partition coefficient (Wildman–Crippen LogP) is 2.64. The lowest BCUT2D eigenvalue weighted by Gasteiger charge is -2.48. The number of carbonyl (C=O) groups is 2. The molecule has 0 spiro atoms. The zero-order valence-corrected chi connectivity index (χ0v) is 21.5. The molecule has 9 heteroatoms. The summed E-state index contributed by atoms with van der Waals surface area (Å²) in [5, 5.41) is 14.2. The van der Waals surface area contributed by atoms with E-state index >= 15 is 0 Å². The van der Waals surface area contributed by atoms with Crippen molar-refractivity contribution in [2.24, 2.45) is 0 Å². The number of carbonyl (C=O) groups excluding carboxylic acids is 2. The van der Waals surface area contributed by atoms with E-state index in [1.54, 1.807) is 44.1 Å². The van der Waals surface area contributed by atoms with Crippen LogP contribution in [0, 0.1) is 5.82 Å². The van der Waals surface area contributed by atoms with Gasteiger partial charge in [-0.05, 0) is 43.5 Å². The lowest BCUT2D eigenvalue weighted by Crippen LogP contribution is -2.61. The quantitative estimate of drug-likeness (QED) is 0.635. The Hall–Kier alpha value is -2.62. The molecule has 2 aliphatic heterocycles. The van der Waals surface area contributed by atoms with Crippen molar-refractivity contribution in [1.82, 2.24) is 14.7 Å². The molecule has 2 saturated heterocycles. The number of anilines is 1. The Morgan fingerprint density at radius 3 is 2.29 bits per heavy atom. The fourth-order valence-electron chi connectivity index (χ4n) is 4.79. The van der Waals surface area contributed by atoms with Crippen molar-refractivity contribution in [2.75, 3.05) is 45.6 Å². The van der Waals surface area contributed by atoms with Crippen LogP contribution in [-0.2, 0) is 10.4 Å². The van der Waals surface area contributed by atoms with Crippen molar-refractivity contribution in [3.05, 3.63) is 65.5 Å². The second-order valence-corrected chi connectivity index (χ2v) is 9.65. The molecule has 2 amide bonds. The molecule has 2 heterocycles. The van der Waals surface area contributed by atoms with Gasteiger partial charge in [-0.1, -0.05) is 30.3 Å². The first kappa shape index (κ1) is 27.0. The van der Waals surface area contributed by atoms with Gasteiger partial charge in [0.15, 0.2) is 5.60 Å². The maximum Gasteiger partial charge on any atom is 0.258 e. The van der Waals surface area contributed by atoms with Gasteiger partial charge >= 0.3 is 0 Å². The number of likely N-dealkylation sites (tertiary alicyclic amines) is 2. The lowest BCUT2D eigenvalue weighted by molar-refractivity contribution is -0.152. The van der Waals surface area contributed by atoms with Crippen LogP contribution in [0.1, 0.15) is 35.7 Å².